The van der Waals surface area contributed by atoms with Gasteiger partial charge in [-0.3, -0.25) is 4.99 Å². The van der Waals surface area contributed by atoms with E-state index in [1.807, 2.05) is 16.8 Å². The van der Waals surface area contributed by atoms with Crippen LogP contribution in [0.2, 0.25) is 0 Å². The van der Waals surface area contributed by atoms with E-state index in [1.165, 1.54) is 37.7 Å². The summed E-state index contributed by atoms with van der Waals surface area (Å²) in [4.78, 5) is 5.97. The Bertz CT molecular complexity index is 927. The molecular weight excluding hydrogens is 342 g/mol. The fourth-order valence-corrected chi connectivity index (χ4v) is 4.18. The number of aromatic nitrogens is 1. The fourth-order valence-electron chi connectivity index (χ4n) is 3.27. The van der Waals surface area contributed by atoms with E-state index in [4.69, 9.17) is 9.41 Å². The zero-order valence-electron chi connectivity index (χ0n) is 15.0. The second-order valence-corrected chi connectivity index (χ2v) is 7.60. The van der Waals surface area contributed by atoms with Gasteiger partial charge in [-0.05, 0) is 31.9 Å². The molecule has 0 amide bonds. The molecule has 1 saturated carbocycles. The molecule has 4 rings (SSSR count). The molecule has 0 spiro atoms. The molecule has 1 aliphatic carbocycles. The minimum Gasteiger partial charge on any atom is -0.463 e. The van der Waals surface area contributed by atoms with Gasteiger partial charge in [-0.2, -0.15) is 5.10 Å². The molecule has 0 radical (unpaired) electrons. The molecule has 0 atom stereocenters. The largest absolute Gasteiger partial charge is 0.463 e. The predicted molar refractivity (Wildman–Crippen MR) is 107 cm³/mol. The Hall–Kier alpha value is -2.40. The maximum absolute atomic E-state index is 5.39. The van der Waals surface area contributed by atoms with Gasteiger partial charge in [-0.1, -0.05) is 49.1 Å². The lowest BCUT2D eigenvalue weighted by atomic mass is 9.96. The van der Waals surface area contributed by atoms with Gasteiger partial charge in [0.25, 0.3) is 0 Å². The van der Waals surface area contributed by atoms with Crippen LogP contribution in [-0.4, -0.2) is 16.9 Å². The molecule has 1 aliphatic rings. The molecule has 26 heavy (non-hydrogen) atoms. The predicted octanol–water partition coefficient (Wildman–Crippen LogP) is 5.23. The molecule has 0 unspecified atom stereocenters. The Morgan fingerprint density at radius 3 is 2.65 bits per heavy atom. The van der Waals surface area contributed by atoms with Gasteiger partial charge >= 0.3 is 0 Å². The average molecular weight is 366 g/mol. The van der Waals surface area contributed by atoms with Crippen LogP contribution in [0, 0.1) is 6.92 Å². The Balaban J connectivity index is 1.76. The highest BCUT2D eigenvalue weighted by Crippen LogP contribution is 2.23. The lowest BCUT2D eigenvalue weighted by molar-refractivity contribution is 0.435. The van der Waals surface area contributed by atoms with Gasteiger partial charge in [0.1, 0.15) is 5.76 Å². The van der Waals surface area contributed by atoms with Crippen LogP contribution in [-0.2, 0) is 0 Å². The van der Waals surface area contributed by atoms with Gasteiger partial charge in [0.15, 0.2) is 0 Å². The van der Waals surface area contributed by atoms with Crippen molar-refractivity contribution in [3.05, 3.63) is 64.2 Å². The summed E-state index contributed by atoms with van der Waals surface area (Å²) in [5.74, 6) is 0.738. The molecule has 2 heterocycles. The van der Waals surface area contributed by atoms with Gasteiger partial charge in [0.2, 0.25) is 4.80 Å². The van der Waals surface area contributed by atoms with Crippen molar-refractivity contribution in [2.75, 3.05) is 0 Å². The molecule has 5 heteroatoms. The normalized spacial score (nSPS) is 16.6. The maximum atomic E-state index is 5.39. The summed E-state index contributed by atoms with van der Waals surface area (Å²) in [7, 11) is 0. The van der Waals surface area contributed by atoms with Crippen LogP contribution in [0.5, 0.6) is 0 Å². The third-order valence-electron chi connectivity index (χ3n) is 4.74. The first-order valence-electron chi connectivity index (χ1n) is 9.19. The molecule has 2 aromatic heterocycles. The molecular formula is C21H23N3OS. The molecule has 1 fully saturated rings. The average Bonchev–Trinajstić information content (AvgIpc) is 3.32. The quantitative estimate of drug-likeness (QED) is 0.584. The first-order chi connectivity index (χ1) is 12.8. The van der Waals surface area contributed by atoms with Crippen LogP contribution >= 0.6 is 11.3 Å². The second-order valence-electron chi connectivity index (χ2n) is 6.76. The number of benzene rings is 1. The van der Waals surface area contributed by atoms with Gasteiger partial charge in [-0.25, -0.2) is 4.68 Å². The van der Waals surface area contributed by atoms with Crippen LogP contribution in [0.25, 0.3) is 11.3 Å². The number of thiazole rings is 1. The van der Waals surface area contributed by atoms with Crippen LogP contribution in [0.4, 0.5) is 0 Å². The summed E-state index contributed by atoms with van der Waals surface area (Å²) in [6, 6.07) is 12.7. The van der Waals surface area contributed by atoms with Crippen molar-refractivity contribution in [3.63, 3.8) is 0 Å². The number of rotatable bonds is 4. The molecule has 4 nitrogen and oxygen atoms in total. The molecule has 1 aromatic carbocycles. The number of hydrogen-bond acceptors (Lipinski definition) is 4. The minimum atomic E-state index is 0.415. The fraction of sp³-hybridized carbons (Fsp3) is 0.333. The highest BCUT2D eigenvalue weighted by Gasteiger charge is 2.14. The summed E-state index contributed by atoms with van der Waals surface area (Å²) < 4.78 is 7.34. The van der Waals surface area contributed by atoms with Crippen molar-refractivity contribution < 1.29 is 4.42 Å². The summed E-state index contributed by atoms with van der Waals surface area (Å²) in [5.41, 5.74) is 3.46. The first-order valence-corrected chi connectivity index (χ1v) is 10.1. The summed E-state index contributed by atoms with van der Waals surface area (Å²) >= 11 is 1.66. The van der Waals surface area contributed by atoms with E-state index in [2.05, 4.69) is 41.7 Å². The van der Waals surface area contributed by atoms with Crippen molar-refractivity contribution in [2.24, 2.45) is 10.1 Å². The van der Waals surface area contributed by atoms with Crippen molar-refractivity contribution in [3.8, 4) is 11.3 Å². The zero-order chi connectivity index (χ0) is 17.8. The number of nitrogens with zero attached hydrogens (tertiary/aromatic N) is 3. The SMILES string of the molecule is Cc1ccc(-c2csc(=NC3CCCCC3)n2N=Cc2ccco2)cc1. The van der Waals surface area contributed by atoms with E-state index < -0.39 is 0 Å². The smallest absolute Gasteiger partial charge is 0.206 e. The number of hydrogen-bond donors (Lipinski definition) is 0. The Labute approximate surface area is 157 Å². The third kappa shape index (κ3) is 3.88. The standard InChI is InChI=1S/C21H23N3OS/c1-16-9-11-17(12-10-16)20-15-26-21(23-18-6-3-2-4-7-18)24(20)22-14-19-8-5-13-25-19/h5,8-15,18H,2-4,6-7H2,1H3. The van der Waals surface area contributed by atoms with Gasteiger partial charge in [-0.15, -0.1) is 11.3 Å². The molecule has 0 saturated heterocycles. The summed E-state index contributed by atoms with van der Waals surface area (Å²) in [5, 5.41) is 6.83. The van der Waals surface area contributed by atoms with Crippen molar-refractivity contribution in [1.82, 2.24) is 4.68 Å². The van der Waals surface area contributed by atoms with Crippen molar-refractivity contribution in [1.29, 1.82) is 0 Å². The Kier molecular flexibility index (Phi) is 5.16. The topological polar surface area (TPSA) is 42.8 Å². The van der Waals surface area contributed by atoms with Crippen molar-refractivity contribution >= 4 is 17.6 Å². The zero-order valence-corrected chi connectivity index (χ0v) is 15.8. The van der Waals surface area contributed by atoms with E-state index >= 15 is 0 Å². The van der Waals surface area contributed by atoms with Crippen LogP contribution < -0.4 is 4.80 Å². The first kappa shape index (κ1) is 17.0. The minimum absolute atomic E-state index is 0.415. The van der Waals surface area contributed by atoms with Gasteiger partial charge < -0.3 is 4.42 Å². The molecule has 3 aromatic rings. The molecule has 0 N–H and O–H groups in total. The third-order valence-corrected chi connectivity index (χ3v) is 5.57. The molecule has 0 aliphatic heterocycles. The van der Waals surface area contributed by atoms with Gasteiger partial charge in [0, 0.05) is 10.9 Å². The monoisotopic (exact) mass is 365 g/mol. The van der Waals surface area contributed by atoms with E-state index in [0.717, 1.165) is 21.8 Å². The molecule has 0 bridgehead atoms. The Morgan fingerprint density at radius 2 is 1.92 bits per heavy atom. The summed E-state index contributed by atoms with van der Waals surface area (Å²) in [6.07, 6.45) is 9.67. The highest BCUT2D eigenvalue weighted by atomic mass is 32.1. The Morgan fingerprint density at radius 1 is 1.12 bits per heavy atom. The number of furan rings is 1. The molecule has 134 valence electrons. The lowest BCUT2D eigenvalue weighted by Gasteiger charge is -2.16. The van der Waals surface area contributed by atoms with Crippen LogP contribution in [0.15, 0.2) is 62.6 Å². The van der Waals surface area contributed by atoms with E-state index in [9.17, 15) is 0 Å². The van der Waals surface area contributed by atoms with E-state index in [0.29, 0.717) is 6.04 Å². The summed E-state index contributed by atoms with van der Waals surface area (Å²) in [6.45, 7) is 2.10. The maximum Gasteiger partial charge on any atom is 0.206 e. The van der Waals surface area contributed by atoms with Crippen molar-refractivity contribution in [2.45, 2.75) is 45.1 Å². The lowest BCUT2D eigenvalue weighted by Crippen LogP contribution is -2.18. The van der Waals surface area contributed by atoms with E-state index in [1.54, 1.807) is 23.8 Å². The van der Waals surface area contributed by atoms with Crippen LogP contribution in [0.3, 0.4) is 0 Å². The second kappa shape index (κ2) is 7.87. The number of aryl methyl sites for hydroxylation is 1. The van der Waals surface area contributed by atoms with Gasteiger partial charge in [0.05, 0.1) is 24.2 Å². The van der Waals surface area contributed by atoms with E-state index in [-0.39, 0.29) is 0 Å². The highest BCUT2D eigenvalue weighted by molar-refractivity contribution is 7.07. The van der Waals surface area contributed by atoms with Crippen LogP contribution in [0.1, 0.15) is 43.4 Å².